The van der Waals surface area contributed by atoms with Crippen molar-refractivity contribution in [3.05, 3.63) is 89.5 Å². The summed E-state index contributed by atoms with van der Waals surface area (Å²) in [4.78, 5) is 48.0. The minimum atomic E-state index is -1.09. The number of ketones is 1. The zero-order chi connectivity index (χ0) is 25.9. The highest BCUT2D eigenvalue weighted by atomic mass is 16.5. The number of hydrogen-bond acceptors (Lipinski definition) is 5. The average Bonchev–Trinajstić information content (AvgIpc) is 2.88. The molecule has 0 atom stereocenters. The Kier molecular flexibility index (Phi) is 9.33. The number of carbonyl (C=O) groups is 4. The maximum Gasteiger partial charge on any atom is 0.335 e. The quantitative estimate of drug-likeness (QED) is 0.231. The smallest absolute Gasteiger partial charge is 0.335 e. The Hall–Kier alpha value is -4.46. The van der Waals surface area contributed by atoms with Crippen LogP contribution in [0.4, 0.5) is 11.4 Å². The molecule has 0 aliphatic carbocycles. The number of aromatic carboxylic acids is 1. The first-order valence-corrected chi connectivity index (χ1v) is 11.7. The highest BCUT2D eigenvalue weighted by molar-refractivity contribution is 6.10. The minimum absolute atomic E-state index is 0.0574. The van der Waals surface area contributed by atoms with Gasteiger partial charge in [0.05, 0.1) is 23.4 Å². The lowest BCUT2D eigenvalue weighted by atomic mass is 10.1. The van der Waals surface area contributed by atoms with E-state index in [9.17, 15) is 19.2 Å². The maximum absolute atomic E-state index is 12.8. The van der Waals surface area contributed by atoms with Crippen molar-refractivity contribution < 1.29 is 29.0 Å². The van der Waals surface area contributed by atoms with Gasteiger partial charge in [-0.3, -0.25) is 14.4 Å². The van der Waals surface area contributed by atoms with Gasteiger partial charge < -0.3 is 20.5 Å². The molecule has 0 unspecified atom stereocenters. The van der Waals surface area contributed by atoms with Gasteiger partial charge in [0, 0.05) is 24.1 Å². The first-order chi connectivity index (χ1) is 17.4. The third-order valence-corrected chi connectivity index (χ3v) is 5.38. The molecule has 3 rings (SSSR count). The van der Waals surface area contributed by atoms with Crippen LogP contribution in [0.15, 0.2) is 72.8 Å². The Bertz CT molecular complexity index is 1240. The van der Waals surface area contributed by atoms with Crippen LogP contribution in [0.2, 0.25) is 0 Å². The molecule has 36 heavy (non-hydrogen) atoms. The van der Waals surface area contributed by atoms with E-state index in [1.54, 1.807) is 60.7 Å². The van der Waals surface area contributed by atoms with E-state index in [4.69, 9.17) is 9.84 Å². The third kappa shape index (κ3) is 7.53. The molecule has 3 aromatic rings. The van der Waals surface area contributed by atoms with Gasteiger partial charge in [0.1, 0.15) is 5.75 Å². The molecule has 0 heterocycles. The number of rotatable bonds is 12. The SMILES string of the molecule is CCC(=O)c1ccc(OCCCCC(=O)Nc2ccccc2C(=O)Nc2cccc(C(=O)O)c2)cc1. The number of carboxylic acid groups (broad SMARTS) is 1. The Morgan fingerprint density at radius 2 is 1.58 bits per heavy atom. The third-order valence-electron chi connectivity index (χ3n) is 5.38. The molecule has 0 aromatic heterocycles. The van der Waals surface area contributed by atoms with Crippen LogP contribution < -0.4 is 15.4 Å². The number of anilines is 2. The van der Waals surface area contributed by atoms with Crippen molar-refractivity contribution in [1.82, 2.24) is 0 Å². The molecule has 0 saturated heterocycles. The molecule has 8 heteroatoms. The fraction of sp³-hybridized carbons (Fsp3) is 0.214. The van der Waals surface area contributed by atoms with Crippen LogP contribution in [0, 0.1) is 0 Å². The zero-order valence-corrected chi connectivity index (χ0v) is 20.0. The number of amides is 2. The van der Waals surface area contributed by atoms with Crippen molar-refractivity contribution in [3.63, 3.8) is 0 Å². The van der Waals surface area contributed by atoms with E-state index in [-0.39, 0.29) is 29.2 Å². The highest BCUT2D eigenvalue weighted by Gasteiger charge is 2.14. The van der Waals surface area contributed by atoms with Gasteiger partial charge in [-0.1, -0.05) is 25.1 Å². The van der Waals surface area contributed by atoms with Gasteiger partial charge in [-0.2, -0.15) is 0 Å². The van der Waals surface area contributed by atoms with Gasteiger partial charge >= 0.3 is 5.97 Å². The molecule has 0 aliphatic heterocycles. The van der Waals surface area contributed by atoms with Crippen LogP contribution in [0.1, 0.15) is 63.7 Å². The molecular formula is C28H28N2O6. The maximum atomic E-state index is 12.8. The first-order valence-electron chi connectivity index (χ1n) is 11.7. The van der Waals surface area contributed by atoms with Gasteiger partial charge in [0.25, 0.3) is 5.91 Å². The lowest BCUT2D eigenvalue weighted by molar-refractivity contribution is -0.116. The van der Waals surface area contributed by atoms with E-state index in [0.29, 0.717) is 48.6 Å². The van der Waals surface area contributed by atoms with Crippen LogP contribution in [-0.2, 0) is 4.79 Å². The standard InChI is InChI=1S/C28H28N2O6/c1-2-25(31)19-13-15-22(16-14-19)36-17-6-5-12-26(32)30-24-11-4-3-10-23(24)27(33)29-21-9-7-8-20(18-21)28(34)35/h3-4,7-11,13-16,18H,2,5-6,12,17H2,1H3,(H,29,33)(H,30,32)(H,34,35). The summed E-state index contributed by atoms with van der Waals surface area (Å²) in [6.07, 6.45) is 1.96. The van der Waals surface area contributed by atoms with Crippen molar-refractivity contribution in [2.45, 2.75) is 32.6 Å². The van der Waals surface area contributed by atoms with Gasteiger partial charge in [-0.05, 0) is 67.4 Å². The highest BCUT2D eigenvalue weighted by Crippen LogP contribution is 2.19. The van der Waals surface area contributed by atoms with Crippen LogP contribution in [0.5, 0.6) is 5.75 Å². The number of hydrogen-bond donors (Lipinski definition) is 3. The number of para-hydroxylation sites is 1. The number of nitrogens with one attached hydrogen (secondary N) is 2. The van der Waals surface area contributed by atoms with Crippen molar-refractivity contribution in [2.75, 3.05) is 17.2 Å². The Labute approximate surface area is 209 Å². The number of carboxylic acids is 1. The number of unbranched alkanes of at least 4 members (excludes halogenated alkanes) is 1. The zero-order valence-electron chi connectivity index (χ0n) is 20.0. The minimum Gasteiger partial charge on any atom is -0.494 e. The molecular weight excluding hydrogens is 460 g/mol. The second-order valence-electron chi connectivity index (χ2n) is 8.04. The van der Waals surface area contributed by atoms with E-state index in [1.807, 2.05) is 6.92 Å². The number of Topliss-reactive ketones (excluding diaryl/α,β-unsaturated/α-hetero) is 1. The molecule has 3 aromatic carbocycles. The molecule has 0 bridgehead atoms. The monoisotopic (exact) mass is 488 g/mol. The largest absolute Gasteiger partial charge is 0.494 e. The topological polar surface area (TPSA) is 122 Å². The van der Waals surface area contributed by atoms with Crippen molar-refractivity contribution in [2.24, 2.45) is 0 Å². The lowest BCUT2D eigenvalue weighted by Gasteiger charge is -2.12. The number of ether oxygens (including phenoxy) is 1. The van der Waals surface area contributed by atoms with Crippen molar-refractivity contribution in [1.29, 1.82) is 0 Å². The summed E-state index contributed by atoms with van der Waals surface area (Å²) >= 11 is 0. The van der Waals surface area contributed by atoms with E-state index < -0.39 is 11.9 Å². The molecule has 0 spiro atoms. The summed E-state index contributed by atoms with van der Waals surface area (Å²) in [6.45, 7) is 2.25. The van der Waals surface area contributed by atoms with Crippen LogP contribution >= 0.6 is 0 Å². The van der Waals surface area contributed by atoms with E-state index in [0.717, 1.165) is 0 Å². The molecule has 0 aliphatic rings. The molecule has 8 nitrogen and oxygen atoms in total. The van der Waals surface area contributed by atoms with Crippen molar-refractivity contribution >= 4 is 34.9 Å². The predicted molar refractivity (Wildman–Crippen MR) is 137 cm³/mol. The average molecular weight is 489 g/mol. The summed E-state index contributed by atoms with van der Waals surface area (Å²) in [5.74, 6) is -1.04. The summed E-state index contributed by atoms with van der Waals surface area (Å²) in [7, 11) is 0. The molecule has 3 N–H and O–H groups in total. The molecule has 2 amide bonds. The number of benzene rings is 3. The van der Waals surface area contributed by atoms with Gasteiger partial charge in [-0.15, -0.1) is 0 Å². The van der Waals surface area contributed by atoms with Crippen molar-refractivity contribution in [3.8, 4) is 5.75 Å². The second-order valence-corrected chi connectivity index (χ2v) is 8.04. The molecule has 0 saturated carbocycles. The lowest BCUT2D eigenvalue weighted by Crippen LogP contribution is -2.18. The summed E-state index contributed by atoms with van der Waals surface area (Å²) in [5, 5.41) is 14.6. The Morgan fingerprint density at radius 1 is 0.833 bits per heavy atom. The molecule has 0 fully saturated rings. The fourth-order valence-electron chi connectivity index (χ4n) is 3.45. The normalized spacial score (nSPS) is 10.4. The van der Waals surface area contributed by atoms with Gasteiger partial charge in [0.2, 0.25) is 5.91 Å². The summed E-state index contributed by atoms with van der Waals surface area (Å²) in [6, 6.07) is 19.5. The molecule has 186 valence electrons. The fourth-order valence-corrected chi connectivity index (χ4v) is 3.45. The first kappa shape index (κ1) is 26.2. The van der Waals surface area contributed by atoms with Gasteiger partial charge in [0.15, 0.2) is 5.78 Å². The molecule has 0 radical (unpaired) electrons. The van der Waals surface area contributed by atoms with Crippen LogP contribution in [0.25, 0.3) is 0 Å². The van der Waals surface area contributed by atoms with Gasteiger partial charge in [-0.25, -0.2) is 4.79 Å². The second kappa shape index (κ2) is 12.9. The number of carbonyl (C=O) groups excluding carboxylic acids is 3. The van der Waals surface area contributed by atoms with E-state index in [2.05, 4.69) is 10.6 Å². The van der Waals surface area contributed by atoms with E-state index in [1.165, 1.54) is 12.1 Å². The summed E-state index contributed by atoms with van der Waals surface area (Å²) in [5.41, 5.74) is 1.69. The predicted octanol–water partition coefficient (Wildman–Crippen LogP) is 5.42. The van der Waals surface area contributed by atoms with Crippen LogP contribution in [0.3, 0.4) is 0 Å². The summed E-state index contributed by atoms with van der Waals surface area (Å²) < 4.78 is 5.67. The Morgan fingerprint density at radius 3 is 2.31 bits per heavy atom. The Balaban J connectivity index is 1.47. The van der Waals surface area contributed by atoms with E-state index >= 15 is 0 Å². The van der Waals surface area contributed by atoms with Crippen LogP contribution in [-0.4, -0.2) is 35.3 Å².